The number of thiol groups is 1. The van der Waals surface area contributed by atoms with Crippen LogP contribution < -0.4 is 5.32 Å². The van der Waals surface area contributed by atoms with Gasteiger partial charge < -0.3 is 5.32 Å². The summed E-state index contributed by atoms with van der Waals surface area (Å²) in [5.41, 5.74) is 3.80. The molecule has 3 heteroatoms. The van der Waals surface area contributed by atoms with E-state index in [2.05, 4.69) is 17.9 Å². The van der Waals surface area contributed by atoms with Crippen LogP contribution in [-0.4, -0.2) is 5.91 Å². The first-order valence-corrected chi connectivity index (χ1v) is 6.18. The molecule has 0 saturated carbocycles. The molecule has 0 fully saturated rings. The predicted octanol–water partition coefficient (Wildman–Crippen LogP) is 3.84. The first kappa shape index (κ1) is 12.7. The van der Waals surface area contributed by atoms with Gasteiger partial charge in [-0.15, -0.1) is 12.6 Å². The highest BCUT2D eigenvalue weighted by molar-refractivity contribution is 7.80. The van der Waals surface area contributed by atoms with Crippen molar-refractivity contribution < 1.29 is 4.79 Å². The van der Waals surface area contributed by atoms with E-state index >= 15 is 0 Å². The highest BCUT2D eigenvalue weighted by Gasteiger charge is 2.06. The van der Waals surface area contributed by atoms with E-state index in [-0.39, 0.29) is 5.91 Å². The third kappa shape index (κ3) is 2.93. The molecule has 2 nitrogen and oxygen atoms in total. The Morgan fingerprint density at radius 1 is 1.06 bits per heavy atom. The van der Waals surface area contributed by atoms with E-state index in [9.17, 15) is 4.79 Å². The number of nitrogens with one attached hydrogen (secondary N) is 1. The van der Waals surface area contributed by atoms with Gasteiger partial charge >= 0.3 is 0 Å². The molecule has 0 aromatic heterocycles. The number of benzene rings is 2. The number of aryl methyl sites for hydroxylation is 2. The zero-order valence-electron chi connectivity index (χ0n) is 10.4. The largest absolute Gasteiger partial charge is 0.322 e. The summed E-state index contributed by atoms with van der Waals surface area (Å²) in [5.74, 6) is -0.117. The molecule has 2 aromatic rings. The topological polar surface area (TPSA) is 29.1 Å². The summed E-state index contributed by atoms with van der Waals surface area (Å²) < 4.78 is 0. The highest BCUT2D eigenvalue weighted by atomic mass is 32.1. The van der Waals surface area contributed by atoms with Crippen LogP contribution in [0.15, 0.2) is 47.4 Å². The maximum atomic E-state index is 12.0. The van der Waals surface area contributed by atoms with E-state index in [1.165, 1.54) is 5.56 Å². The minimum Gasteiger partial charge on any atom is -0.322 e. The second kappa shape index (κ2) is 5.27. The molecule has 2 rings (SSSR count). The quantitative estimate of drug-likeness (QED) is 0.786. The average Bonchev–Trinajstić information content (AvgIpc) is 2.34. The van der Waals surface area contributed by atoms with Crippen LogP contribution in [0.1, 0.15) is 21.5 Å². The Morgan fingerprint density at radius 3 is 2.50 bits per heavy atom. The van der Waals surface area contributed by atoms with Crippen molar-refractivity contribution in [3.8, 4) is 0 Å². The fourth-order valence-electron chi connectivity index (χ4n) is 1.67. The fraction of sp³-hybridized carbons (Fsp3) is 0.133. The van der Waals surface area contributed by atoms with E-state index in [4.69, 9.17) is 0 Å². The van der Waals surface area contributed by atoms with E-state index in [1.807, 2.05) is 44.2 Å². The standard InChI is InChI=1S/C15H15NOS/c1-10-6-7-13(8-11(10)2)16-15(17)12-4-3-5-14(18)9-12/h3-9,18H,1-2H3,(H,16,17). The Labute approximate surface area is 112 Å². The lowest BCUT2D eigenvalue weighted by molar-refractivity contribution is 0.102. The molecule has 18 heavy (non-hydrogen) atoms. The van der Waals surface area contributed by atoms with Gasteiger partial charge in [-0.05, 0) is 55.3 Å². The second-order valence-corrected chi connectivity index (χ2v) is 4.82. The summed E-state index contributed by atoms with van der Waals surface area (Å²) in [6.45, 7) is 4.07. The molecule has 0 radical (unpaired) electrons. The van der Waals surface area contributed by atoms with Gasteiger partial charge in [-0.25, -0.2) is 0 Å². The lowest BCUT2D eigenvalue weighted by Gasteiger charge is -2.08. The van der Waals surface area contributed by atoms with Gasteiger partial charge in [0.05, 0.1) is 0 Å². The molecule has 0 saturated heterocycles. The molecule has 2 aromatic carbocycles. The van der Waals surface area contributed by atoms with Crippen molar-refractivity contribution in [1.82, 2.24) is 0 Å². The summed E-state index contributed by atoms with van der Waals surface area (Å²) in [6.07, 6.45) is 0. The van der Waals surface area contributed by atoms with Crippen molar-refractivity contribution in [3.05, 3.63) is 59.2 Å². The summed E-state index contributed by atoms with van der Waals surface area (Å²) in [7, 11) is 0. The van der Waals surface area contributed by atoms with Crippen LogP contribution >= 0.6 is 12.6 Å². The molecule has 0 aliphatic heterocycles. The number of anilines is 1. The normalized spacial score (nSPS) is 10.2. The zero-order chi connectivity index (χ0) is 13.1. The van der Waals surface area contributed by atoms with Gasteiger partial charge in [-0.3, -0.25) is 4.79 Å². The summed E-state index contributed by atoms with van der Waals surface area (Å²) in [6, 6.07) is 13.1. The fourth-order valence-corrected chi connectivity index (χ4v) is 1.89. The predicted molar refractivity (Wildman–Crippen MR) is 77.6 cm³/mol. The molecule has 0 atom stereocenters. The molecule has 1 N–H and O–H groups in total. The average molecular weight is 257 g/mol. The van der Waals surface area contributed by atoms with E-state index < -0.39 is 0 Å². The zero-order valence-corrected chi connectivity index (χ0v) is 11.3. The SMILES string of the molecule is Cc1ccc(NC(=O)c2cccc(S)c2)cc1C. The number of amides is 1. The molecule has 0 unspecified atom stereocenters. The molecule has 0 aliphatic rings. The second-order valence-electron chi connectivity index (χ2n) is 4.30. The summed E-state index contributed by atoms with van der Waals surface area (Å²) in [4.78, 5) is 12.8. The Balaban J connectivity index is 2.18. The maximum absolute atomic E-state index is 12.0. The monoisotopic (exact) mass is 257 g/mol. The van der Waals surface area contributed by atoms with Gasteiger partial charge in [0.25, 0.3) is 5.91 Å². The van der Waals surface area contributed by atoms with Gasteiger partial charge in [0.2, 0.25) is 0 Å². The van der Waals surface area contributed by atoms with Crippen molar-refractivity contribution in [2.24, 2.45) is 0 Å². The maximum Gasteiger partial charge on any atom is 0.255 e. The molecule has 0 bridgehead atoms. The van der Waals surface area contributed by atoms with E-state index in [1.54, 1.807) is 12.1 Å². The van der Waals surface area contributed by atoms with Crippen LogP contribution in [0, 0.1) is 13.8 Å². The number of hydrogen-bond donors (Lipinski definition) is 2. The van der Waals surface area contributed by atoms with Crippen LogP contribution in [-0.2, 0) is 0 Å². The molecule has 0 heterocycles. The van der Waals surface area contributed by atoms with Gasteiger partial charge in [-0.2, -0.15) is 0 Å². The molecular formula is C15H15NOS. The van der Waals surface area contributed by atoms with Gasteiger partial charge in [0, 0.05) is 16.1 Å². The van der Waals surface area contributed by atoms with Crippen molar-refractivity contribution in [1.29, 1.82) is 0 Å². The Kier molecular flexibility index (Phi) is 3.72. The highest BCUT2D eigenvalue weighted by Crippen LogP contribution is 2.16. The number of hydrogen-bond acceptors (Lipinski definition) is 2. The van der Waals surface area contributed by atoms with Crippen LogP contribution in [0.25, 0.3) is 0 Å². The van der Waals surface area contributed by atoms with Gasteiger partial charge in [-0.1, -0.05) is 12.1 Å². The van der Waals surface area contributed by atoms with E-state index in [0.29, 0.717) is 5.56 Å². The molecule has 0 aliphatic carbocycles. The van der Waals surface area contributed by atoms with Crippen LogP contribution in [0.2, 0.25) is 0 Å². The molecule has 1 amide bonds. The third-order valence-corrected chi connectivity index (χ3v) is 3.15. The first-order valence-electron chi connectivity index (χ1n) is 5.74. The lowest BCUT2D eigenvalue weighted by atomic mass is 10.1. The van der Waals surface area contributed by atoms with Crippen LogP contribution in [0.5, 0.6) is 0 Å². The van der Waals surface area contributed by atoms with Gasteiger partial charge in [0.1, 0.15) is 0 Å². The molecule has 92 valence electrons. The first-order chi connectivity index (χ1) is 8.56. The van der Waals surface area contributed by atoms with Gasteiger partial charge in [0.15, 0.2) is 0 Å². The molecular weight excluding hydrogens is 242 g/mol. The Hall–Kier alpha value is -1.74. The van der Waals surface area contributed by atoms with Crippen molar-refractivity contribution in [2.75, 3.05) is 5.32 Å². The number of carbonyl (C=O) groups is 1. The van der Waals surface area contributed by atoms with Crippen molar-refractivity contribution in [3.63, 3.8) is 0 Å². The Morgan fingerprint density at radius 2 is 1.83 bits per heavy atom. The van der Waals surface area contributed by atoms with E-state index in [0.717, 1.165) is 16.1 Å². The lowest BCUT2D eigenvalue weighted by Crippen LogP contribution is -2.11. The summed E-state index contributed by atoms with van der Waals surface area (Å²) in [5, 5.41) is 2.88. The third-order valence-electron chi connectivity index (χ3n) is 2.87. The van der Waals surface area contributed by atoms with Crippen LogP contribution in [0.4, 0.5) is 5.69 Å². The Bertz CT molecular complexity index is 593. The number of carbonyl (C=O) groups excluding carboxylic acids is 1. The molecule has 0 spiro atoms. The smallest absolute Gasteiger partial charge is 0.255 e. The van der Waals surface area contributed by atoms with Crippen LogP contribution in [0.3, 0.4) is 0 Å². The van der Waals surface area contributed by atoms with Crippen molar-refractivity contribution >= 4 is 24.2 Å². The minimum atomic E-state index is -0.117. The summed E-state index contributed by atoms with van der Waals surface area (Å²) >= 11 is 4.22. The minimum absolute atomic E-state index is 0.117. The number of rotatable bonds is 2. The van der Waals surface area contributed by atoms with Crippen molar-refractivity contribution in [2.45, 2.75) is 18.7 Å².